The van der Waals surface area contributed by atoms with Gasteiger partial charge in [-0.2, -0.15) is 0 Å². The lowest BCUT2D eigenvalue weighted by Crippen LogP contribution is -2.20. The van der Waals surface area contributed by atoms with Crippen molar-refractivity contribution in [3.05, 3.63) is 48.1 Å². The normalized spacial score (nSPS) is 25.6. The summed E-state index contributed by atoms with van der Waals surface area (Å²) in [5.41, 5.74) is 4.02. The molecule has 1 aliphatic carbocycles. The maximum Gasteiger partial charge on any atom is -0.00411 e. The molecule has 0 aliphatic heterocycles. The molecule has 0 aromatic rings. The van der Waals surface area contributed by atoms with Crippen molar-refractivity contribution in [1.29, 1.82) is 0 Å². The Morgan fingerprint density at radius 1 is 1.38 bits per heavy atom. The van der Waals surface area contributed by atoms with Crippen LogP contribution >= 0.6 is 0 Å². The molecule has 0 heterocycles. The summed E-state index contributed by atoms with van der Waals surface area (Å²) >= 11 is 0. The van der Waals surface area contributed by atoms with E-state index in [1.165, 1.54) is 29.6 Å². The second-order valence-corrected chi connectivity index (χ2v) is 5.09. The summed E-state index contributed by atoms with van der Waals surface area (Å²) in [5, 5.41) is 0. The van der Waals surface area contributed by atoms with Crippen LogP contribution in [0.2, 0.25) is 0 Å². The number of hydrogen-bond donors (Lipinski definition) is 0. The fourth-order valence-corrected chi connectivity index (χ4v) is 2.21. The Balaban J connectivity index is 2.81. The van der Waals surface area contributed by atoms with Crippen LogP contribution in [0.4, 0.5) is 0 Å². The summed E-state index contributed by atoms with van der Waals surface area (Å²) in [4.78, 5) is 0. The van der Waals surface area contributed by atoms with Crippen LogP contribution in [-0.4, -0.2) is 0 Å². The zero-order valence-corrected chi connectivity index (χ0v) is 11.0. The maximum absolute atomic E-state index is 4.29. The highest BCUT2D eigenvalue weighted by Crippen LogP contribution is 2.41. The first-order valence-electron chi connectivity index (χ1n) is 6.20. The van der Waals surface area contributed by atoms with Gasteiger partial charge in [-0.25, -0.2) is 0 Å². The molecule has 0 radical (unpaired) electrons. The first-order chi connectivity index (χ1) is 7.49. The van der Waals surface area contributed by atoms with Crippen molar-refractivity contribution in [2.45, 2.75) is 46.5 Å². The van der Waals surface area contributed by atoms with Crippen LogP contribution in [0.15, 0.2) is 48.1 Å². The molecule has 16 heavy (non-hydrogen) atoms. The van der Waals surface area contributed by atoms with Crippen molar-refractivity contribution in [1.82, 2.24) is 0 Å². The van der Waals surface area contributed by atoms with E-state index in [2.05, 4.69) is 52.2 Å². The summed E-state index contributed by atoms with van der Waals surface area (Å²) in [5.74, 6) is 0. The molecule has 1 aliphatic rings. The van der Waals surface area contributed by atoms with Crippen LogP contribution in [0.25, 0.3) is 0 Å². The topological polar surface area (TPSA) is 0 Å². The smallest absolute Gasteiger partial charge is 0.00411 e. The first-order valence-corrected chi connectivity index (χ1v) is 6.20. The van der Waals surface area contributed by atoms with Crippen molar-refractivity contribution < 1.29 is 0 Å². The summed E-state index contributed by atoms with van der Waals surface area (Å²) < 4.78 is 0. The standard InChI is InChI=1S/C16H24/c1-6-13(2)12-14(3)15(4)16(5)10-8-7-9-11-16/h7-8,12H,2,4,6,9-11H2,1,3,5H3/b14-12-. The summed E-state index contributed by atoms with van der Waals surface area (Å²) in [6.45, 7) is 14.9. The predicted molar refractivity (Wildman–Crippen MR) is 73.4 cm³/mol. The molecule has 0 amide bonds. The molecule has 0 saturated carbocycles. The number of hydrogen-bond acceptors (Lipinski definition) is 0. The molecular formula is C16H24. The third kappa shape index (κ3) is 2.98. The number of allylic oxidation sites excluding steroid dienone is 6. The Morgan fingerprint density at radius 3 is 2.56 bits per heavy atom. The summed E-state index contributed by atoms with van der Waals surface area (Å²) in [6, 6.07) is 0. The van der Waals surface area contributed by atoms with Gasteiger partial charge in [0.1, 0.15) is 0 Å². The molecule has 88 valence electrons. The minimum Gasteiger partial charge on any atom is -0.0958 e. The SMILES string of the molecule is C=C(/C=C(/C)C(=C)C1(C)CC=CCC1)CC. The Morgan fingerprint density at radius 2 is 2.06 bits per heavy atom. The Hall–Kier alpha value is -1.04. The van der Waals surface area contributed by atoms with Crippen molar-refractivity contribution in [2.24, 2.45) is 5.41 Å². The largest absolute Gasteiger partial charge is 0.0958 e. The van der Waals surface area contributed by atoms with E-state index in [0.717, 1.165) is 12.8 Å². The fourth-order valence-electron chi connectivity index (χ4n) is 2.21. The molecule has 0 heteroatoms. The second kappa shape index (κ2) is 5.34. The Labute approximate surface area is 100 Å². The van der Waals surface area contributed by atoms with E-state index in [4.69, 9.17) is 0 Å². The van der Waals surface area contributed by atoms with Gasteiger partial charge in [-0.1, -0.05) is 50.8 Å². The minimum atomic E-state index is 0.253. The third-order valence-electron chi connectivity index (χ3n) is 3.68. The van der Waals surface area contributed by atoms with E-state index in [0.29, 0.717) is 0 Å². The molecular weight excluding hydrogens is 192 g/mol. The van der Waals surface area contributed by atoms with E-state index in [-0.39, 0.29) is 5.41 Å². The van der Waals surface area contributed by atoms with Gasteiger partial charge in [-0.05, 0) is 49.2 Å². The van der Waals surface area contributed by atoms with Crippen molar-refractivity contribution in [2.75, 3.05) is 0 Å². The molecule has 1 unspecified atom stereocenters. The van der Waals surface area contributed by atoms with Crippen LogP contribution in [0, 0.1) is 5.41 Å². The fraction of sp³-hybridized carbons (Fsp3) is 0.500. The Kier molecular flexibility index (Phi) is 4.35. The lowest BCUT2D eigenvalue weighted by molar-refractivity contribution is 0.365. The van der Waals surface area contributed by atoms with Gasteiger partial charge >= 0.3 is 0 Å². The average molecular weight is 216 g/mol. The third-order valence-corrected chi connectivity index (χ3v) is 3.68. The van der Waals surface area contributed by atoms with Gasteiger partial charge in [-0.3, -0.25) is 0 Å². The van der Waals surface area contributed by atoms with Crippen LogP contribution < -0.4 is 0 Å². The molecule has 0 aromatic heterocycles. The van der Waals surface area contributed by atoms with Gasteiger partial charge in [0.15, 0.2) is 0 Å². The predicted octanol–water partition coefficient (Wildman–Crippen LogP) is 5.20. The highest BCUT2D eigenvalue weighted by atomic mass is 14.3. The van der Waals surface area contributed by atoms with Crippen molar-refractivity contribution in [3.8, 4) is 0 Å². The molecule has 0 aromatic carbocycles. The lowest BCUT2D eigenvalue weighted by Gasteiger charge is -2.33. The van der Waals surface area contributed by atoms with Gasteiger partial charge in [0.25, 0.3) is 0 Å². The molecule has 0 fully saturated rings. The van der Waals surface area contributed by atoms with E-state index in [1.807, 2.05) is 0 Å². The lowest BCUT2D eigenvalue weighted by atomic mass is 9.71. The zero-order valence-electron chi connectivity index (χ0n) is 11.0. The monoisotopic (exact) mass is 216 g/mol. The van der Waals surface area contributed by atoms with Gasteiger partial charge in [0.2, 0.25) is 0 Å². The molecule has 0 bridgehead atoms. The average Bonchev–Trinajstić information content (AvgIpc) is 2.28. The Bertz CT molecular complexity index is 341. The van der Waals surface area contributed by atoms with Gasteiger partial charge in [0, 0.05) is 0 Å². The summed E-state index contributed by atoms with van der Waals surface area (Å²) in [7, 11) is 0. The molecule has 1 rings (SSSR count). The van der Waals surface area contributed by atoms with Crippen LogP contribution in [-0.2, 0) is 0 Å². The van der Waals surface area contributed by atoms with Crippen LogP contribution in [0.3, 0.4) is 0 Å². The second-order valence-electron chi connectivity index (χ2n) is 5.09. The molecule has 0 saturated heterocycles. The molecule has 1 atom stereocenters. The van der Waals surface area contributed by atoms with E-state index >= 15 is 0 Å². The molecule has 0 spiro atoms. The van der Waals surface area contributed by atoms with Gasteiger partial charge < -0.3 is 0 Å². The number of rotatable bonds is 4. The highest BCUT2D eigenvalue weighted by Gasteiger charge is 2.28. The van der Waals surface area contributed by atoms with E-state index in [1.54, 1.807) is 0 Å². The molecule has 0 N–H and O–H groups in total. The highest BCUT2D eigenvalue weighted by molar-refractivity contribution is 5.38. The van der Waals surface area contributed by atoms with Gasteiger partial charge in [-0.15, -0.1) is 0 Å². The molecule has 0 nitrogen and oxygen atoms in total. The van der Waals surface area contributed by atoms with E-state index < -0.39 is 0 Å². The first kappa shape index (κ1) is 13.0. The van der Waals surface area contributed by atoms with Crippen LogP contribution in [0.5, 0.6) is 0 Å². The quantitative estimate of drug-likeness (QED) is 0.447. The summed E-state index contributed by atoms with van der Waals surface area (Å²) in [6.07, 6.45) is 11.3. The van der Waals surface area contributed by atoms with E-state index in [9.17, 15) is 0 Å². The minimum absolute atomic E-state index is 0.253. The van der Waals surface area contributed by atoms with Crippen molar-refractivity contribution >= 4 is 0 Å². The van der Waals surface area contributed by atoms with Crippen LogP contribution in [0.1, 0.15) is 46.5 Å². The van der Waals surface area contributed by atoms with Gasteiger partial charge in [0.05, 0.1) is 0 Å². The van der Waals surface area contributed by atoms with Crippen molar-refractivity contribution in [3.63, 3.8) is 0 Å². The maximum atomic E-state index is 4.29. The zero-order chi connectivity index (χ0) is 12.2.